The molecule has 2 aliphatic rings. The van der Waals surface area contributed by atoms with Gasteiger partial charge >= 0.3 is 0 Å². The molecule has 0 unspecified atom stereocenters. The summed E-state index contributed by atoms with van der Waals surface area (Å²) < 4.78 is 26.9. The fourth-order valence-corrected chi connectivity index (χ4v) is 5.37. The number of benzene rings is 1. The zero-order chi connectivity index (χ0) is 20.3. The Morgan fingerprint density at radius 3 is 2.11 bits per heavy atom. The third-order valence-electron chi connectivity index (χ3n) is 5.56. The van der Waals surface area contributed by atoms with Crippen molar-refractivity contribution in [2.45, 2.75) is 43.5 Å². The maximum absolute atomic E-state index is 12.7. The Balaban J connectivity index is 1.50. The van der Waals surface area contributed by atoms with E-state index < -0.39 is 10.0 Å². The lowest BCUT2D eigenvalue weighted by atomic mass is 9.96. The number of halogens is 1. The van der Waals surface area contributed by atoms with Crippen LogP contribution in [0.25, 0.3) is 0 Å². The summed E-state index contributed by atoms with van der Waals surface area (Å²) in [4.78, 5) is 26.0. The summed E-state index contributed by atoms with van der Waals surface area (Å²) in [6, 6.07) is 6.21. The van der Waals surface area contributed by atoms with E-state index in [1.807, 2.05) is 0 Å². The summed E-state index contributed by atoms with van der Waals surface area (Å²) in [6.45, 7) is 3.54. The van der Waals surface area contributed by atoms with Crippen molar-refractivity contribution in [3.05, 3.63) is 29.3 Å². The lowest BCUT2D eigenvalue weighted by molar-refractivity contribution is -0.130. The highest BCUT2D eigenvalue weighted by atomic mass is 35.5. The van der Waals surface area contributed by atoms with Gasteiger partial charge in [-0.25, -0.2) is 8.42 Å². The van der Waals surface area contributed by atoms with Gasteiger partial charge < -0.3 is 10.2 Å². The Kier molecular flexibility index (Phi) is 6.62. The fourth-order valence-electron chi connectivity index (χ4n) is 3.77. The molecule has 0 atom stereocenters. The Morgan fingerprint density at radius 1 is 1.00 bits per heavy atom. The Morgan fingerprint density at radius 2 is 1.57 bits per heavy atom. The lowest BCUT2D eigenvalue weighted by Crippen LogP contribution is -2.49. The van der Waals surface area contributed by atoms with E-state index in [4.69, 9.17) is 11.6 Å². The average Bonchev–Trinajstić information content (AvgIpc) is 2.69. The molecule has 1 aromatic carbocycles. The van der Waals surface area contributed by atoms with E-state index in [0.717, 1.165) is 12.8 Å². The van der Waals surface area contributed by atoms with Crippen molar-refractivity contribution in [3.8, 4) is 0 Å². The molecule has 9 heteroatoms. The molecule has 0 spiro atoms. The molecule has 3 rings (SSSR count). The maximum Gasteiger partial charge on any atom is 0.243 e. The molecule has 0 aromatic heterocycles. The molecule has 0 aliphatic carbocycles. The van der Waals surface area contributed by atoms with Crippen LogP contribution < -0.4 is 5.32 Å². The number of hydrogen-bond donors (Lipinski definition) is 1. The van der Waals surface area contributed by atoms with E-state index in [9.17, 15) is 18.0 Å². The molecule has 2 aliphatic heterocycles. The van der Waals surface area contributed by atoms with E-state index in [1.54, 1.807) is 24.0 Å². The second kappa shape index (κ2) is 8.80. The molecule has 7 nitrogen and oxygen atoms in total. The molecule has 0 bridgehead atoms. The third kappa shape index (κ3) is 4.85. The van der Waals surface area contributed by atoms with Gasteiger partial charge in [-0.1, -0.05) is 11.6 Å². The first-order valence-electron chi connectivity index (χ1n) is 9.59. The molecule has 154 valence electrons. The zero-order valence-electron chi connectivity index (χ0n) is 15.9. The minimum absolute atomic E-state index is 0.00943. The van der Waals surface area contributed by atoms with E-state index in [2.05, 4.69) is 5.32 Å². The maximum atomic E-state index is 12.7. The first-order chi connectivity index (χ1) is 13.3. The first-order valence-corrected chi connectivity index (χ1v) is 11.4. The normalized spacial score (nSPS) is 20.1. The van der Waals surface area contributed by atoms with E-state index in [-0.39, 0.29) is 28.7 Å². The van der Waals surface area contributed by atoms with Crippen LogP contribution >= 0.6 is 11.6 Å². The number of carbonyl (C=O) groups excluding carboxylic acids is 2. The van der Waals surface area contributed by atoms with Crippen LogP contribution in [0.2, 0.25) is 5.02 Å². The van der Waals surface area contributed by atoms with E-state index in [1.165, 1.54) is 16.4 Å². The van der Waals surface area contributed by atoms with Gasteiger partial charge in [0.2, 0.25) is 21.8 Å². The lowest BCUT2D eigenvalue weighted by Gasteiger charge is -2.34. The van der Waals surface area contributed by atoms with Gasteiger partial charge in [0.1, 0.15) is 0 Å². The van der Waals surface area contributed by atoms with E-state index >= 15 is 0 Å². The summed E-state index contributed by atoms with van der Waals surface area (Å²) in [7, 11) is -3.56. The van der Waals surface area contributed by atoms with Crippen LogP contribution in [0.3, 0.4) is 0 Å². The number of nitrogens with one attached hydrogen (secondary N) is 1. The van der Waals surface area contributed by atoms with Gasteiger partial charge in [-0.2, -0.15) is 4.31 Å². The molecule has 2 fully saturated rings. The monoisotopic (exact) mass is 427 g/mol. The number of hydrogen-bond acceptors (Lipinski definition) is 4. The van der Waals surface area contributed by atoms with Crippen LogP contribution in [-0.2, 0) is 19.6 Å². The van der Waals surface area contributed by atoms with Crippen LogP contribution in [0, 0.1) is 5.92 Å². The SMILES string of the molecule is CC(=O)N1CCC(NC(=O)C2CCN(S(=O)(=O)c3ccc(Cl)cc3)CC2)CC1. The van der Waals surface area contributed by atoms with Crippen LogP contribution in [0.4, 0.5) is 0 Å². The molecule has 2 amide bonds. The first kappa shape index (κ1) is 21.1. The van der Waals surface area contributed by atoms with Crippen molar-refractivity contribution >= 4 is 33.4 Å². The van der Waals surface area contributed by atoms with Crippen molar-refractivity contribution in [3.63, 3.8) is 0 Å². The molecule has 28 heavy (non-hydrogen) atoms. The van der Waals surface area contributed by atoms with Gasteiger partial charge in [0.15, 0.2) is 0 Å². The van der Waals surface area contributed by atoms with E-state index in [0.29, 0.717) is 44.0 Å². The van der Waals surface area contributed by atoms with Crippen molar-refractivity contribution in [2.24, 2.45) is 5.92 Å². The minimum atomic E-state index is -3.56. The number of likely N-dealkylation sites (tertiary alicyclic amines) is 1. The summed E-state index contributed by atoms with van der Waals surface area (Å²) >= 11 is 5.83. The van der Waals surface area contributed by atoms with Crippen molar-refractivity contribution in [1.82, 2.24) is 14.5 Å². The second-order valence-corrected chi connectivity index (χ2v) is 9.80. The number of nitrogens with zero attached hydrogens (tertiary/aromatic N) is 2. The third-order valence-corrected chi connectivity index (χ3v) is 7.73. The number of amides is 2. The second-order valence-electron chi connectivity index (χ2n) is 7.42. The number of sulfonamides is 1. The Bertz CT molecular complexity index is 812. The number of rotatable bonds is 4. The van der Waals surface area contributed by atoms with Gasteiger partial charge in [0, 0.05) is 50.1 Å². The summed E-state index contributed by atoms with van der Waals surface area (Å²) in [5.74, 6) is -0.119. The topological polar surface area (TPSA) is 86.8 Å². The smallest absolute Gasteiger partial charge is 0.243 e. The molecule has 1 N–H and O–H groups in total. The summed E-state index contributed by atoms with van der Waals surface area (Å²) in [5.41, 5.74) is 0. The molecule has 2 heterocycles. The molecule has 1 aromatic rings. The molecule has 0 saturated carbocycles. The van der Waals surface area contributed by atoms with Crippen molar-refractivity contribution in [1.29, 1.82) is 0 Å². The van der Waals surface area contributed by atoms with Gasteiger partial charge in [-0.3, -0.25) is 9.59 Å². The van der Waals surface area contributed by atoms with Crippen LogP contribution in [0.5, 0.6) is 0 Å². The van der Waals surface area contributed by atoms with Gasteiger partial charge in [0.05, 0.1) is 4.90 Å². The molecule has 0 radical (unpaired) electrons. The molecule has 2 saturated heterocycles. The van der Waals surface area contributed by atoms with Crippen LogP contribution in [0.15, 0.2) is 29.2 Å². The summed E-state index contributed by atoms with van der Waals surface area (Å²) in [5, 5.41) is 3.57. The molecular weight excluding hydrogens is 402 g/mol. The fraction of sp³-hybridized carbons (Fsp3) is 0.579. The number of carbonyl (C=O) groups is 2. The quantitative estimate of drug-likeness (QED) is 0.794. The Labute approximate surface area is 171 Å². The zero-order valence-corrected chi connectivity index (χ0v) is 17.5. The standard InChI is InChI=1S/C19H26ClN3O4S/c1-14(24)22-10-8-17(9-11-22)21-19(25)15-6-12-23(13-7-15)28(26,27)18-4-2-16(20)3-5-18/h2-5,15,17H,6-13H2,1H3,(H,21,25). The predicted molar refractivity (Wildman–Crippen MR) is 106 cm³/mol. The average molecular weight is 428 g/mol. The summed E-state index contributed by atoms with van der Waals surface area (Å²) in [6.07, 6.45) is 2.53. The predicted octanol–water partition coefficient (Wildman–Crippen LogP) is 1.87. The van der Waals surface area contributed by atoms with Gasteiger partial charge in [-0.05, 0) is 49.9 Å². The molecular formula is C19H26ClN3O4S. The number of piperidine rings is 2. The van der Waals surface area contributed by atoms with Gasteiger partial charge in [-0.15, -0.1) is 0 Å². The minimum Gasteiger partial charge on any atom is -0.353 e. The van der Waals surface area contributed by atoms with Crippen LogP contribution in [-0.4, -0.2) is 61.7 Å². The van der Waals surface area contributed by atoms with Gasteiger partial charge in [0.25, 0.3) is 0 Å². The Hall–Kier alpha value is -1.64. The highest BCUT2D eigenvalue weighted by Crippen LogP contribution is 2.25. The highest BCUT2D eigenvalue weighted by molar-refractivity contribution is 7.89. The van der Waals surface area contributed by atoms with Crippen molar-refractivity contribution < 1.29 is 18.0 Å². The van der Waals surface area contributed by atoms with Crippen LogP contribution in [0.1, 0.15) is 32.6 Å². The van der Waals surface area contributed by atoms with Crippen molar-refractivity contribution in [2.75, 3.05) is 26.2 Å². The highest BCUT2D eigenvalue weighted by Gasteiger charge is 2.33. The largest absolute Gasteiger partial charge is 0.353 e.